The van der Waals surface area contributed by atoms with Gasteiger partial charge >= 0.3 is 5.97 Å². The molecule has 5 nitrogen and oxygen atoms in total. The molecule has 0 radical (unpaired) electrons. The monoisotopic (exact) mass is 237 g/mol. The van der Waals surface area contributed by atoms with Gasteiger partial charge in [-0.2, -0.15) is 0 Å². The first-order valence-corrected chi connectivity index (χ1v) is 5.65. The first-order chi connectivity index (χ1) is 7.54. The summed E-state index contributed by atoms with van der Waals surface area (Å²) in [5, 5.41) is 8.92. The summed E-state index contributed by atoms with van der Waals surface area (Å²) >= 11 is 1.49. The van der Waals surface area contributed by atoms with Crippen molar-refractivity contribution >= 4 is 33.5 Å². The van der Waals surface area contributed by atoms with Crippen molar-refractivity contribution in [2.45, 2.75) is 20.3 Å². The summed E-state index contributed by atoms with van der Waals surface area (Å²) in [7, 11) is 0. The molecule has 0 spiro atoms. The Kier molecular flexibility index (Phi) is 2.51. The van der Waals surface area contributed by atoms with E-state index in [1.54, 1.807) is 0 Å². The number of nitrogens with two attached hydrogens (primary N) is 1. The molecule has 16 heavy (non-hydrogen) atoms. The molecule has 0 aliphatic heterocycles. The lowest BCUT2D eigenvalue weighted by molar-refractivity contribution is 0.0692. The van der Waals surface area contributed by atoms with E-state index in [0.717, 1.165) is 16.9 Å². The Labute approximate surface area is 95.9 Å². The standard InChI is InChI=1S/C10H11N3O2S/c1-3-5-4(2)16-9-6(5)12-7(10(14)15)8(11)13-9/h3H2,1-2H3,(H2,11,13)(H,14,15). The van der Waals surface area contributed by atoms with Gasteiger partial charge in [-0.25, -0.2) is 14.8 Å². The summed E-state index contributed by atoms with van der Waals surface area (Å²) in [5.41, 5.74) is 7.09. The number of aromatic nitrogens is 2. The number of thiophene rings is 1. The van der Waals surface area contributed by atoms with Gasteiger partial charge in [0.2, 0.25) is 0 Å². The molecule has 0 aliphatic rings. The topological polar surface area (TPSA) is 89.1 Å². The Morgan fingerprint density at radius 3 is 2.75 bits per heavy atom. The number of rotatable bonds is 2. The number of anilines is 1. The summed E-state index contributed by atoms with van der Waals surface area (Å²) in [6.07, 6.45) is 0.809. The SMILES string of the molecule is CCc1c(C)sc2nc(N)c(C(=O)O)nc12. The third-order valence-electron chi connectivity index (χ3n) is 2.41. The third-order valence-corrected chi connectivity index (χ3v) is 3.44. The molecule has 84 valence electrons. The molecule has 0 saturated carbocycles. The minimum absolute atomic E-state index is 0.0242. The van der Waals surface area contributed by atoms with Gasteiger partial charge in [-0.05, 0) is 18.9 Å². The van der Waals surface area contributed by atoms with Crippen molar-refractivity contribution in [1.82, 2.24) is 9.97 Å². The Bertz CT molecular complexity index is 577. The number of aromatic carboxylic acids is 1. The van der Waals surface area contributed by atoms with E-state index in [4.69, 9.17) is 10.8 Å². The van der Waals surface area contributed by atoms with Crippen LogP contribution in [-0.2, 0) is 6.42 Å². The fourth-order valence-electron chi connectivity index (χ4n) is 1.65. The van der Waals surface area contributed by atoms with Gasteiger partial charge in [-0.1, -0.05) is 6.92 Å². The lowest BCUT2D eigenvalue weighted by Gasteiger charge is -2.00. The molecule has 0 fully saturated rings. The number of nitrogens with zero attached hydrogens (tertiary/aromatic N) is 2. The fourth-order valence-corrected chi connectivity index (χ4v) is 2.71. The van der Waals surface area contributed by atoms with E-state index < -0.39 is 5.97 Å². The normalized spacial score (nSPS) is 10.9. The number of carboxylic acids is 1. The molecule has 0 unspecified atom stereocenters. The first-order valence-electron chi connectivity index (χ1n) is 4.83. The predicted molar refractivity (Wildman–Crippen MR) is 62.9 cm³/mol. The number of carboxylic acid groups (broad SMARTS) is 1. The van der Waals surface area contributed by atoms with E-state index in [1.807, 2.05) is 13.8 Å². The molecule has 6 heteroatoms. The van der Waals surface area contributed by atoms with Gasteiger partial charge < -0.3 is 10.8 Å². The molecule has 2 aromatic heterocycles. The van der Waals surface area contributed by atoms with Crippen LogP contribution in [0.5, 0.6) is 0 Å². The van der Waals surface area contributed by atoms with Crippen LogP contribution in [0.3, 0.4) is 0 Å². The van der Waals surface area contributed by atoms with Crippen molar-refractivity contribution in [1.29, 1.82) is 0 Å². The largest absolute Gasteiger partial charge is 0.476 e. The average Bonchev–Trinajstić information content (AvgIpc) is 2.50. The lowest BCUT2D eigenvalue weighted by atomic mass is 10.2. The van der Waals surface area contributed by atoms with E-state index in [9.17, 15) is 4.79 Å². The zero-order valence-corrected chi connectivity index (χ0v) is 9.76. The van der Waals surface area contributed by atoms with Crippen LogP contribution >= 0.6 is 11.3 Å². The molecule has 0 atom stereocenters. The van der Waals surface area contributed by atoms with Crippen LogP contribution in [0.15, 0.2) is 0 Å². The second-order valence-corrected chi connectivity index (χ2v) is 4.61. The van der Waals surface area contributed by atoms with Crippen molar-refractivity contribution in [3.63, 3.8) is 0 Å². The summed E-state index contributed by atoms with van der Waals surface area (Å²) in [6, 6.07) is 0. The van der Waals surface area contributed by atoms with Crippen LogP contribution in [0, 0.1) is 6.92 Å². The molecule has 2 rings (SSSR count). The molecule has 2 aromatic rings. The van der Waals surface area contributed by atoms with Crippen LogP contribution in [-0.4, -0.2) is 21.0 Å². The van der Waals surface area contributed by atoms with Gasteiger partial charge in [0.05, 0.1) is 0 Å². The molecule has 0 aliphatic carbocycles. The summed E-state index contributed by atoms with van der Waals surface area (Å²) in [5.74, 6) is -1.17. The van der Waals surface area contributed by atoms with E-state index >= 15 is 0 Å². The zero-order valence-electron chi connectivity index (χ0n) is 8.94. The highest BCUT2D eigenvalue weighted by atomic mass is 32.1. The number of aryl methyl sites for hydroxylation is 2. The number of nitrogen functional groups attached to an aromatic ring is 1. The van der Waals surface area contributed by atoms with Crippen LogP contribution in [0.2, 0.25) is 0 Å². The van der Waals surface area contributed by atoms with Gasteiger partial charge in [0.1, 0.15) is 10.3 Å². The molecule has 0 saturated heterocycles. The maximum Gasteiger partial charge on any atom is 0.358 e. The maximum absolute atomic E-state index is 10.9. The summed E-state index contributed by atoms with van der Waals surface area (Å²) in [4.78, 5) is 20.9. The number of hydrogen-bond donors (Lipinski definition) is 2. The van der Waals surface area contributed by atoms with Crippen molar-refractivity contribution in [3.8, 4) is 0 Å². The number of carbonyl (C=O) groups is 1. The van der Waals surface area contributed by atoms with Gasteiger partial charge in [-0.15, -0.1) is 11.3 Å². The maximum atomic E-state index is 10.9. The van der Waals surface area contributed by atoms with Crippen LogP contribution in [0.1, 0.15) is 27.9 Å². The average molecular weight is 237 g/mol. The Morgan fingerprint density at radius 2 is 2.19 bits per heavy atom. The molecule has 0 bridgehead atoms. The Balaban J connectivity index is 2.80. The molecule has 0 aromatic carbocycles. The molecule has 0 amide bonds. The third kappa shape index (κ3) is 1.51. The quantitative estimate of drug-likeness (QED) is 0.831. The van der Waals surface area contributed by atoms with Crippen molar-refractivity contribution in [2.24, 2.45) is 0 Å². The van der Waals surface area contributed by atoms with Crippen molar-refractivity contribution in [3.05, 3.63) is 16.1 Å². The molecular weight excluding hydrogens is 226 g/mol. The first kappa shape index (κ1) is 10.8. The highest BCUT2D eigenvalue weighted by Gasteiger charge is 2.17. The summed E-state index contributed by atoms with van der Waals surface area (Å²) in [6.45, 7) is 3.98. The lowest BCUT2D eigenvalue weighted by Crippen LogP contribution is -2.07. The van der Waals surface area contributed by atoms with E-state index in [0.29, 0.717) is 10.3 Å². The molecular formula is C10H11N3O2S. The number of fused-ring (bicyclic) bond motifs is 1. The van der Waals surface area contributed by atoms with Crippen LogP contribution < -0.4 is 5.73 Å². The second kappa shape index (κ2) is 3.71. The van der Waals surface area contributed by atoms with Crippen molar-refractivity contribution < 1.29 is 9.90 Å². The van der Waals surface area contributed by atoms with E-state index in [2.05, 4.69) is 9.97 Å². The minimum Gasteiger partial charge on any atom is -0.476 e. The van der Waals surface area contributed by atoms with Crippen LogP contribution in [0.25, 0.3) is 10.3 Å². The van der Waals surface area contributed by atoms with Crippen molar-refractivity contribution in [2.75, 3.05) is 5.73 Å². The zero-order chi connectivity index (χ0) is 11.9. The smallest absolute Gasteiger partial charge is 0.358 e. The second-order valence-electron chi connectivity index (χ2n) is 3.41. The van der Waals surface area contributed by atoms with E-state index in [-0.39, 0.29) is 11.5 Å². The van der Waals surface area contributed by atoms with E-state index in [1.165, 1.54) is 11.3 Å². The predicted octanol–water partition coefficient (Wildman–Crippen LogP) is 1.84. The summed E-state index contributed by atoms with van der Waals surface area (Å²) < 4.78 is 0. The Morgan fingerprint density at radius 1 is 1.50 bits per heavy atom. The molecule has 2 heterocycles. The molecule has 3 N–H and O–H groups in total. The minimum atomic E-state index is -1.14. The fraction of sp³-hybridized carbons (Fsp3) is 0.300. The van der Waals surface area contributed by atoms with Gasteiger partial charge in [0.25, 0.3) is 0 Å². The highest BCUT2D eigenvalue weighted by molar-refractivity contribution is 7.18. The van der Waals surface area contributed by atoms with Crippen LogP contribution in [0.4, 0.5) is 5.82 Å². The van der Waals surface area contributed by atoms with Gasteiger partial charge in [-0.3, -0.25) is 0 Å². The highest BCUT2D eigenvalue weighted by Crippen LogP contribution is 2.29. The number of hydrogen-bond acceptors (Lipinski definition) is 5. The van der Waals surface area contributed by atoms with Gasteiger partial charge in [0, 0.05) is 4.88 Å². The van der Waals surface area contributed by atoms with Gasteiger partial charge in [0.15, 0.2) is 11.5 Å². The Hall–Kier alpha value is -1.69.